The maximum atomic E-state index is 15.8. The first-order chi connectivity index (χ1) is 18.8. The molecule has 0 atom stereocenters. The van der Waals surface area contributed by atoms with Gasteiger partial charge in [0.05, 0.1) is 24.5 Å². The Bertz CT molecular complexity index is 1550. The summed E-state index contributed by atoms with van der Waals surface area (Å²) in [5.41, 5.74) is -2.08. The lowest BCUT2D eigenvalue weighted by Gasteiger charge is -2.24. The predicted molar refractivity (Wildman–Crippen MR) is 139 cm³/mol. The lowest BCUT2D eigenvalue weighted by atomic mass is 9.91. The van der Waals surface area contributed by atoms with Crippen molar-refractivity contribution < 1.29 is 41.4 Å². The Kier molecular flexibility index (Phi) is 7.72. The summed E-state index contributed by atoms with van der Waals surface area (Å²) in [6.45, 7) is 1.39. The van der Waals surface area contributed by atoms with E-state index in [0.29, 0.717) is 5.02 Å². The van der Waals surface area contributed by atoms with E-state index < -0.39 is 47.4 Å². The molecule has 0 spiro atoms. The van der Waals surface area contributed by atoms with Gasteiger partial charge in [-0.2, -0.15) is 17.6 Å². The molecule has 12 heteroatoms. The molecule has 0 saturated heterocycles. The number of likely N-dealkylation sites (N-methyl/N-ethyl adjacent to an activating group) is 1. The van der Waals surface area contributed by atoms with Crippen molar-refractivity contribution in [2.24, 2.45) is 7.05 Å². The number of esters is 2. The number of carbonyl (C=O) groups is 3. The zero-order valence-electron chi connectivity index (χ0n) is 22.0. The van der Waals surface area contributed by atoms with E-state index in [2.05, 4.69) is 9.47 Å². The normalized spacial score (nSPS) is 14.3. The van der Waals surface area contributed by atoms with Gasteiger partial charge >= 0.3 is 23.8 Å². The zero-order chi connectivity index (χ0) is 29.6. The molecule has 4 rings (SSSR count). The molecule has 3 aromatic rings. The summed E-state index contributed by atoms with van der Waals surface area (Å²) in [4.78, 5) is 39.5. The van der Waals surface area contributed by atoms with E-state index >= 15 is 17.6 Å². The molecule has 0 unspecified atom stereocenters. The number of amides is 1. The fourth-order valence-electron chi connectivity index (χ4n) is 4.83. The second-order valence-electron chi connectivity index (χ2n) is 9.09. The minimum Gasteiger partial charge on any atom is -0.461 e. The van der Waals surface area contributed by atoms with E-state index in [-0.39, 0.29) is 46.5 Å². The number of hydrogen-bond donors (Lipinski definition) is 0. The van der Waals surface area contributed by atoms with Gasteiger partial charge < -0.3 is 18.9 Å². The number of rotatable bonds is 7. The quantitative estimate of drug-likeness (QED) is 0.270. The van der Waals surface area contributed by atoms with Gasteiger partial charge in [0.1, 0.15) is 0 Å². The van der Waals surface area contributed by atoms with E-state index in [1.54, 1.807) is 0 Å². The molecule has 1 amide bonds. The van der Waals surface area contributed by atoms with Gasteiger partial charge in [-0.3, -0.25) is 4.79 Å². The first-order valence-corrected chi connectivity index (χ1v) is 12.6. The van der Waals surface area contributed by atoms with Crippen molar-refractivity contribution >= 4 is 45.9 Å². The summed E-state index contributed by atoms with van der Waals surface area (Å²) in [7, 11) is 2.63. The number of benzene rings is 2. The minimum absolute atomic E-state index is 0.0698. The lowest BCUT2D eigenvalue weighted by molar-refractivity contribution is -0.172. The van der Waals surface area contributed by atoms with Gasteiger partial charge in [0.2, 0.25) is 0 Å². The van der Waals surface area contributed by atoms with Crippen molar-refractivity contribution in [1.82, 2.24) is 9.47 Å². The fraction of sp³-hybridized carbons (Fsp3) is 0.321. The third-order valence-corrected chi connectivity index (χ3v) is 6.89. The van der Waals surface area contributed by atoms with Crippen LogP contribution in [0.3, 0.4) is 0 Å². The van der Waals surface area contributed by atoms with Crippen molar-refractivity contribution in [3.05, 3.63) is 75.4 Å². The molecule has 40 heavy (non-hydrogen) atoms. The molecule has 0 fully saturated rings. The zero-order valence-corrected chi connectivity index (χ0v) is 22.7. The predicted octanol–water partition coefficient (Wildman–Crippen LogP) is 5.57. The Hall–Kier alpha value is -3.86. The highest BCUT2D eigenvalue weighted by Gasteiger charge is 2.51. The molecule has 212 valence electrons. The van der Waals surface area contributed by atoms with Gasteiger partial charge in [0.25, 0.3) is 5.91 Å². The highest BCUT2D eigenvalue weighted by molar-refractivity contribution is 6.30. The van der Waals surface area contributed by atoms with Crippen LogP contribution in [0.5, 0.6) is 0 Å². The number of alkyl halides is 4. The topological polar surface area (TPSA) is 77.8 Å². The Morgan fingerprint density at radius 1 is 0.925 bits per heavy atom. The molecule has 1 aromatic heterocycles. The molecule has 0 radical (unpaired) electrons. The highest BCUT2D eigenvalue weighted by atomic mass is 35.5. The summed E-state index contributed by atoms with van der Waals surface area (Å²) in [6.07, 6.45) is 0. The van der Waals surface area contributed by atoms with Gasteiger partial charge in [-0.1, -0.05) is 35.9 Å². The summed E-state index contributed by atoms with van der Waals surface area (Å²) in [6, 6.07) is 9.38. The Morgan fingerprint density at radius 3 is 2.08 bits per heavy atom. The molecule has 0 saturated carbocycles. The third kappa shape index (κ3) is 4.61. The van der Waals surface area contributed by atoms with E-state index in [1.165, 1.54) is 68.9 Å². The SMILES string of the molecule is CCOC(=O)C(F)(F)C1=C(c2ccc(Cl)cc2)c2c(c3c(C(F)(F)C(=O)OCC)cccc3n2C)C(=O)N(C)C1. The average Bonchev–Trinajstić information content (AvgIpc) is 3.14. The molecule has 0 bridgehead atoms. The molecular formula is C28H25ClF4N2O5. The summed E-state index contributed by atoms with van der Waals surface area (Å²) >= 11 is 6.04. The number of hydrogen-bond acceptors (Lipinski definition) is 5. The molecule has 2 heterocycles. The van der Waals surface area contributed by atoms with Gasteiger partial charge in [-0.25, -0.2) is 9.59 Å². The van der Waals surface area contributed by atoms with Crippen molar-refractivity contribution in [2.45, 2.75) is 25.7 Å². The van der Waals surface area contributed by atoms with Gasteiger partial charge in [-0.05, 0) is 37.6 Å². The number of halogens is 5. The van der Waals surface area contributed by atoms with Crippen LogP contribution >= 0.6 is 11.6 Å². The minimum atomic E-state index is -4.20. The number of aromatic nitrogens is 1. The van der Waals surface area contributed by atoms with Crippen LogP contribution in [0, 0.1) is 0 Å². The van der Waals surface area contributed by atoms with E-state index in [0.717, 1.165) is 11.0 Å². The first kappa shape index (κ1) is 29.1. The van der Waals surface area contributed by atoms with Crippen molar-refractivity contribution in [3.63, 3.8) is 0 Å². The monoisotopic (exact) mass is 580 g/mol. The van der Waals surface area contributed by atoms with Crippen LogP contribution in [0.2, 0.25) is 5.02 Å². The Labute approximate surface area is 231 Å². The number of carbonyl (C=O) groups excluding carboxylic acids is 3. The first-order valence-electron chi connectivity index (χ1n) is 12.3. The maximum Gasteiger partial charge on any atom is 0.382 e. The van der Waals surface area contributed by atoms with Crippen LogP contribution in [0.4, 0.5) is 17.6 Å². The van der Waals surface area contributed by atoms with Crippen LogP contribution in [0.25, 0.3) is 16.5 Å². The van der Waals surface area contributed by atoms with E-state index in [4.69, 9.17) is 11.6 Å². The van der Waals surface area contributed by atoms with Gasteiger partial charge in [-0.15, -0.1) is 0 Å². The molecule has 1 aliphatic rings. The third-order valence-electron chi connectivity index (χ3n) is 6.63. The molecule has 7 nitrogen and oxygen atoms in total. The number of ether oxygens (including phenoxy) is 2. The van der Waals surface area contributed by atoms with Crippen LogP contribution in [0.15, 0.2) is 48.0 Å². The Balaban J connectivity index is 2.20. The summed E-state index contributed by atoms with van der Waals surface area (Å²) < 4.78 is 73.2. The fourth-order valence-corrected chi connectivity index (χ4v) is 4.96. The summed E-state index contributed by atoms with van der Waals surface area (Å²) in [5, 5.41) is -0.0134. The molecular weight excluding hydrogens is 556 g/mol. The number of nitrogens with zero attached hydrogens (tertiary/aromatic N) is 2. The number of fused-ring (bicyclic) bond motifs is 3. The van der Waals surface area contributed by atoms with E-state index in [1.807, 2.05) is 0 Å². The average molecular weight is 581 g/mol. The molecule has 0 aliphatic carbocycles. The standard InChI is InChI=1S/C28H25ClF4N2O5/c1-5-39-25(37)27(30,31)17-8-7-9-19-21(17)22-23(35(19)4)20(15-10-12-16(29)13-11-15)18(14-34(3)24(22)36)28(32,33)26(38)40-6-2/h7-13H,5-6,14H2,1-4H3. The van der Waals surface area contributed by atoms with Crippen LogP contribution in [0.1, 0.15) is 41.0 Å². The summed E-state index contributed by atoms with van der Waals surface area (Å²) in [5.74, 6) is -12.9. The van der Waals surface area contributed by atoms with Crippen LogP contribution < -0.4 is 0 Å². The van der Waals surface area contributed by atoms with E-state index in [9.17, 15) is 14.4 Å². The largest absolute Gasteiger partial charge is 0.461 e. The Morgan fingerprint density at radius 2 is 1.50 bits per heavy atom. The highest BCUT2D eigenvalue weighted by Crippen LogP contribution is 2.46. The maximum absolute atomic E-state index is 15.8. The van der Waals surface area contributed by atoms with Crippen molar-refractivity contribution in [3.8, 4) is 0 Å². The molecule has 0 N–H and O–H groups in total. The van der Waals surface area contributed by atoms with Gasteiger partial charge in [0, 0.05) is 53.3 Å². The lowest BCUT2D eigenvalue weighted by Crippen LogP contribution is -2.39. The molecule has 2 aromatic carbocycles. The molecule has 1 aliphatic heterocycles. The van der Waals surface area contributed by atoms with Crippen LogP contribution in [-0.2, 0) is 32.0 Å². The number of aryl methyl sites for hydroxylation is 1. The van der Waals surface area contributed by atoms with Crippen LogP contribution in [-0.4, -0.2) is 60.0 Å². The smallest absolute Gasteiger partial charge is 0.382 e. The van der Waals surface area contributed by atoms with Crippen molar-refractivity contribution in [2.75, 3.05) is 26.8 Å². The second kappa shape index (κ2) is 10.6. The van der Waals surface area contributed by atoms with Gasteiger partial charge in [0.15, 0.2) is 0 Å². The van der Waals surface area contributed by atoms with Crippen molar-refractivity contribution in [1.29, 1.82) is 0 Å². The second-order valence-corrected chi connectivity index (χ2v) is 9.53.